The number of hydrogen-bond donors (Lipinski definition) is 0. The van der Waals surface area contributed by atoms with E-state index in [0.29, 0.717) is 5.41 Å². The Morgan fingerprint density at radius 1 is 1.86 bits per heavy atom. The summed E-state index contributed by atoms with van der Waals surface area (Å²) < 4.78 is 0. The predicted molar refractivity (Wildman–Crippen MR) is 29.9 cm³/mol. The Kier molecular flexibility index (Phi) is 0.362. The van der Waals surface area contributed by atoms with Crippen molar-refractivity contribution in [3.05, 3.63) is 12.7 Å². The van der Waals surface area contributed by atoms with E-state index in [1.807, 2.05) is 0 Å². The van der Waals surface area contributed by atoms with Gasteiger partial charge in [-0.2, -0.15) is 0 Å². The number of fused-ring (bicyclic) bond motifs is 1. The zero-order chi connectivity index (χ0) is 5.07. The molecule has 0 aromatic heterocycles. The molecule has 3 unspecified atom stereocenters. The first-order valence-electron chi connectivity index (χ1n) is 2.95. The van der Waals surface area contributed by atoms with Crippen LogP contribution in [-0.4, -0.2) is 0 Å². The molecule has 3 atom stereocenters. The van der Waals surface area contributed by atoms with Gasteiger partial charge >= 0.3 is 0 Å². The minimum atomic E-state index is 0.681. The Morgan fingerprint density at radius 3 is 2.43 bits per heavy atom. The van der Waals surface area contributed by atoms with Gasteiger partial charge in [0.15, 0.2) is 0 Å². The first kappa shape index (κ1) is 3.71. The second-order valence-electron chi connectivity index (χ2n) is 2.92. The molecule has 38 valence electrons. The van der Waals surface area contributed by atoms with Crippen LogP contribution in [0.2, 0.25) is 0 Å². The molecule has 0 heterocycles. The van der Waals surface area contributed by atoms with Gasteiger partial charge in [-0.25, -0.2) is 0 Å². The van der Waals surface area contributed by atoms with E-state index in [1.54, 1.807) is 0 Å². The van der Waals surface area contributed by atoms with E-state index in [0.717, 1.165) is 11.8 Å². The monoisotopic (exact) mass is 94.1 g/mol. The van der Waals surface area contributed by atoms with E-state index in [9.17, 15) is 0 Å². The zero-order valence-electron chi connectivity index (χ0n) is 4.65. The van der Waals surface area contributed by atoms with Crippen LogP contribution < -0.4 is 0 Å². The summed E-state index contributed by atoms with van der Waals surface area (Å²) in [5, 5.41) is 0. The minimum Gasteiger partial charge on any atom is -0.103 e. The molecule has 2 saturated carbocycles. The highest BCUT2D eigenvalue weighted by Crippen LogP contribution is 2.80. The molecule has 0 radical (unpaired) electrons. The molecule has 0 bridgehead atoms. The van der Waals surface area contributed by atoms with E-state index in [4.69, 9.17) is 0 Å². The fourth-order valence-electron chi connectivity index (χ4n) is 1.70. The molecule has 7 heavy (non-hydrogen) atoms. The molecule has 2 rings (SSSR count). The van der Waals surface area contributed by atoms with E-state index in [-0.39, 0.29) is 0 Å². The second kappa shape index (κ2) is 0.683. The fraction of sp³-hybridized carbons (Fsp3) is 0.714. The summed E-state index contributed by atoms with van der Waals surface area (Å²) in [5.74, 6) is 2.05. The Labute approximate surface area is 44.2 Å². The topological polar surface area (TPSA) is 0 Å². The van der Waals surface area contributed by atoms with Crippen molar-refractivity contribution in [1.29, 1.82) is 0 Å². The predicted octanol–water partition coefficient (Wildman–Crippen LogP) is 1.83. The lowest BCUT2D eigenvalue weighted by Crippen LogP contribution is -1.87. The molecule has 0 saturated heterocycles. The van der Waals surface area contributed by atoms with Crippen molar-refractivity contribution in [2.75, 3.05) is 0 Å². The maximum Gasteiger partial charge on any atom is -0.00579 e. The van der Waals surface area contributed by atoms with Crippen molar-refractivity contribution in [1.82, 2.24) is 0 Å². The summed E-state index contributed by atoms with van der Waals surface area (Å²) in [4.78, 5) is 0. The van der Waals surface area contributed by atoms with Crippen LogP contribution in [0.4, 0.5) is 0 Å². The molecule has 0 aromatic carbocycles. The van der Waals surface area contributed by atoms with Gasteiger partial charge in [-0.1, -0.05) is 13.0 Å². The molecular weight excluding hydrogens is 84.1 g/mol. The van der Waals surface area contributed by atoms with Crippen molar-refractivity contribution in [2.24, 2.45) is 17.3 Å². The molecule has 0 aromatic rings. The van der Waals surface area contributed by atoms with Crippen LogP contribution in [0.1, 0.15) is 13.3 Å². The largest absolute Gasteiger partial charge is 0.103 e. The van der Waals surface area contributed by atoms with Gasteiger partial charge in [-0.3, -0.25) is 0 Å². The third-order valence-electron chi connectivity index (χ3n) is 2.83. The lowest BCUT2D eigenvalue weighted by molar-refractivity contribution is 0.607. The standard InChI is InChI=1S/C7H10/c1-3-7-4-6(7)5(7)2/h3,5-6H,1,4H2,2H3. The van der Waals surface area contributed by atoms with Gasteiger partial charge in [0, 0.05) is 0 Å². The molecule has 0 aliphatic heterocycles. The van der Waals surface area contributed by atoms with Crippen LogP contribution in [0.25, 0.3) is 0 Å². The number of allylic oxidation sites excluding steroid dienone is 1. The molecule has 0 N–H and O–H groups in total. The Hall–Kier alpha value is -0.260. The van der Waals surface area contributed by atoms with E-state index in [2.05, 4.69) is 19.6 Å². The summed E-state index contributed by atoms with van der Waals surface area (Å²) in [5.41, 5.74) is 0.681. The summed E-state index contributed by atoms with van der Waals surface area (Å²) in [6.45, 7) is 6.10. The molecular formula is C7H10. The maximum absolute atomic E-state index is 3.79. The Balaban J connectivity index is 2.21. The number of rotatable bonds is 1. The fourth-order valence-corrected chi connectivity index (χ4v) is 1.70. The highest BCUT2D eigenvalue weighted by atomic mass is 14.8. The lowest BCUT2D eigenvalue weighted by Gasteiger charge is -1.95. The molecule has 2 fully saturated rings. The van der Waals surface area contributed by atoms with Crippen LogP contribution in [0.5, 0.6) is 0 Å². The zero-order valence-corrected chi connectivity index (χ0v) is 4.65. The summed E-state index contributed by atoms with van der Waals surface area (Å²) in [7, 11) is 0. The Morgan fingerprint density at radius 2 is 2.43 bits per heavy atom. The smallest absolute Gasteiger partial charge is 0.00579 e. The van der Waals surface area contributed by atoms with Crippen LogP contribution in [-0.2, 0) is 0 Å². The van der Waals surface area contributed by atoms with Gasteiger partial charge in [0.2, 0.25) is 0 Å². The summed E-state index contributed by atoms with van der Waals surface area (Å²) >= 11 is 0. The third-order valence-corrected chi connectivity index (χ3v) is 2.83. The molecule has 2 aliphatic rings. The molecule has 0 heteroatoms. The summed E-state index contributed by atoms with van der Waals surface area (Å²) in [6.07, 6.45) is 3.58. The van der Waals surface area contributed by atoms with E-state index < -0.39 is 0 Å². The van der Waals surface area contributed by atoms with Gasteiger partial charge in [-0.15, -0.1) is 6.58 Å². The minimum absolute atomic E-state index is 0.681. The Bertz CT molecular complexity index is 120. The van der Waals surface area contributed by atoms with Gasteiger partial charge in [0.25, 0.3) is 0 Å². The van der Waals surface area contributed by atoms with E-state index in [1.165, 1.54) is 6.42 Å². The van der Waals surface area contributed by atoms with Gasteiger partial charge in [0.1, 0.15) is 0 Å². The highest BCUT2D eigenvalue weighted by molar-refractivity contribution is 5.31. The lowest BCUT2D eigenvalue weighted by atomic mass is 10.1. The molecule has 0 amide bonds. The van der Waals surface area contributed by atoms with Crippen molar-refractivity contribution < 1.29 is 0 Å². The van der Waals surface area contributed by atoms with Gasteiger partial charge in [0.05, 0.1) is 0 Å². The van der Waals surface area contributed by atoms with Crippen LogP contribution in [0.15, 0.2) is 12.7 Å². The molecule has 0 spiro atoms. The maximum atomic E-state index is 3.79. The first-order valence-corrected chi connectivity index (χ1v) is 2.95. The van der Waals surface area contributed by atoms with Crippen molar-refractivity contribution >= 4 is 0 Å². The second-order valence-corrected chi connectivity index (χ2v) is 2.92. The van der Waals surface area contributed by atoms with Crippen LogP contribution in [0, 0.1) is 17.3 Å². The first-order chi connectivity index (χ1) is 3.31. The SMILES string of the molecule is C=CC12CC1C2C. The van der Waals surface area contributed by atoms with Gasteiger partial charge < -0.3 is 0 Å². The van der Waals surface area contributed by atoms with Crippen LogP contribution in [0.3, 0.4) is 0 Å². The van der Waals surface area contributed by atoms with E-state index >= 15 is 0 Å². The van der Waals surface area contributed by atoms with Crippen molar-refractivity contribution in [3.8, 4) is 0 Å². The quantitative estimate of drug-likeness (QED) is 0.435. The average molecular weight is 94.2 g/mol. The van der Waals surface area contributed by atoms with Crippen LogP contribution >= 0.6 is 0 Å². The molecule has 0 nitrogen and oxygen atoms in total. The van der Waals surface area contributed by atoms with Gasteiger partial charge in [-0.05, 0) is 23.7 Å². The highest BCUT2D eigenvalue weighted by Gasteiger charge is 2.74. The summed E-state index contributed by atoms with van der Waals surface area (Å²) in [6, 6.07) is 0. The normalized spacial score (nSPS) is 63.6. The van der Waals surface area contributed by atoms with Crippen molar-refractivity contribution in [3.63, 3.8) is 0 Å². The number of hydrogen-bond acceptors (Lipinski definition) is 0. The third kappa shape index (κ3) is 0.206. The molecule has 2 aliphatic carbocycles. The van der Waals surface area contributed by atoms with Crippen molar-refractivity contribution in [2.45, 2.75) is 13.3 Å². The average Bonchev–Trinajstić information content (AvgIpc) is 2.49.